The summed E-state index contributed by atoms with van der Waals surface area (Å²) in [5.74, 6) is 0.172. The molecule has 0 fully saturated rings. The van der Waals surface area contributed by atoms with E-state index in [0.717, 1.165) is 10.2 Å². The Morgan fingerprint density at radius 2 is 2.19 bits per heavy atom. The van der Waals surface area contributed by atoms with Crippen molar-refractivity contribution in [3.8, 4) is 5.75 Å². The summed E-state index contributed by atoms with van der Waals surface area (Å²) in [5.41, 5.74) is 0.923. The maximum absolute atomic E-state index is 12.5. The summed E-state index contributed by atoms with van der Waals surface area (Å²) in [6.45, 7) is 4.22. The molecule has 2 aromatic carbocycles. The molecule has 0 aliphatic heterocycles. The summed E-state index contributed by atoms with van der Waals surface area (Å²) in [4.78, 5) is 27.5. The van der Waals surface area contributed by atoms with E-state index in [1.165, 1.54) is 35.6 Å². The highest BCUT2D eigenvalue weighted by molar-refractivity contribution is 7.16. The van der Waals surface area contributed by atoms with E-state index in [1.54, 1.807) is 13.2 Å². The molecule has 7 nitrogen and oxygen atoms in total. The van der Waals surface area contributed by atoms with Gasteiger partial charge in [-0.2, -0.15) is 4.99 Å². The predicted molar refractivity (Wildman–Crippen MR) is 99.6 cm³/mol. The van der Waals surface area contributed by atoms with Crippen molar-refractivity contribution in [3.63, 3.8) is 0 Å². The number of hydrogen-bond donors (Lipinski definition) is 0. The lowest BCUT2D eigenvalue weighted by molar-refractivity contribution is -0.384. The lowest BCUT2D eigenvalue weighted by atomic mass is 10.2. The van der Waals surface area contributed by atoms with Crippen LogP contribution in [0.3, 0.4) is 0 Å². The van der Waals surface area contributed by atoms with Crippen molar-refractivity contribution in [1.82, 2.24) is 4.57 Å². The van der Waals surface area contributed by atoms with Crippen LogP contribution in [0.4, 0.5) is 5.69 Å². The van der Waals surface area contributed by atoms with Gasteiger partial charge in [0.25, 0.3) is 11.6 Å². The summed E-state index contributed by atoms with van der Waals surface area (Å²) in [7, 11) is 1.59. The number of carbonyl (C=O) groups excluding carboxylic acids is 1. The van der Waals surface area contributed by atoms with Crippen LogP contribution in [0.2, 0.25) is 0 Å². The maximum atomic E-state index is 12.5. The van der Waals surface area contributed by atoms with E-state index in [9.17, 15) is 14.9 Å². The third-order valence-corrected chi connectivity index (χ3v) is 4.74. The highest BCUT2D eigenvalue weighted by Crippen LogP contribution is 2.23. The number of aromatic nitrogens is 1. The largest absolute Gasteiger partial charge is 0.497 e. The number of nitrogens with zero attached hydrogens (tertiary/aromatic N) is 3. The fraction of sp³-hybridized carbons (Fsp3) is 0.111. The number of ether oxygens (including phenoxy) is 1. The molecule has 0 unspecified atom stereocenters. The van der Waals surface area contributed by atoms with Gasteiger partial charge in [-0.05, 0) is 24.3 Å². The minimum absolute atomic E-state index is 0.147. The van der Waals surface area contributed by atoms with Crippen molar-refractivity contribution >= 4 is 33.1 Å². The molecule has 3 rings (SSSR count). The molecule has 1 aromatic heterocycles. The fourth-order valence-electron chi connectivity index (χ4n) is 2.48. The SMILES string of the molecule is C=CCn1c(=NC(=O)c2cccc([N+](=O)[O-])c2)sc2cc(OC)ccc21. The Morgan fingerprint density at radius 3 is 2.88 bits per heavy atom. The number of carbonyl (C=O) groups is 1. The molecule has 1 heterocycles. The van der Waals surface area contributed by atoms with E-state index in [4.69, 9.17) is 4.74 Å². The van der Waals surface area contributed by atoms with Crippen LogP contribution >= 0.6 is 11.3 Å². The van der Waals surface area contributed by atoms with Gasteiger partial charge in [-0.15, -0.1) is 6.58 Å². The average molecular weight is 369 g/mol. The van der Waals surface area contributed by atoms with Crippen molar-refractivity contribution in [2.45, 2.75) is 6.54 Å². The number of hydrogen-bond acceptors (Lipinski definition) is 5. The number of benzene rings is 2. The van der Waals surface area contributed by atoms with Gasteiger partial charge in [0.05, 0.1) is 22.2 Å². The van der Waals surface area contributed by atoms with E-state index in [2.05, 4.69) is 11.6 Å². The Balaban J connectivity index is 2.12. The quantitative estimate of drug-likeness (QED) is 0.391. The van der Waals surface area contributed by atoms with Gasteiger partial charge in [-0.3, -0.25) is 14.9 Å². The van der Waals surface area contributed by atoms with Crippen molar-refractivity contribution in [1.29, 1.82) is 0 Å². The van der Waals surface area contributed by atoms with Gasteiger partial charge in [-0.25, -0.2) is 0 Å². The van der Waals surface area contributed by atoms with Gasteiger partial charge < -0.3 is 9.30 Å². The molecule has 0 spiro atoms. The van der Waals surface area contributed by atoms with Gasteiger partial charge in [-0.1, -0.05) is 23.5 Å². The molecule has 8 heteroatoms. The number of allylic oxidation sites excluding steroid dienone is 1. The smallest absolute Gasteiger partial charge is 0.279 e. The second-order valence-electron chi connectivity index (χ2n) is 5.34. The number of fused-ring (bicyclic) bond motifs is 1. The molecule has 0 aliphatic rings. The number of amides is 1. The van der Waals surface area contributed by atoms with Gasteiger partial charge in [0.15, 0.2) is 4.80 Å². The van der Waals surface area contributed by atoms with Gasteiger partial charge in [0.2, 0.25) is 0 Å². The first-order valence-electron chi connectivity index (χ1n) is 7.65. The second-order valence-corrected chi connectivity index (χ2v) is 6.35. The number of rotatable bonds is 5. The monoisotopic (exact) mass is 369 g/mol. The molecule has 0 N–H and O–H groups in total. The third kappa shape index (κ3) is 3.40. The number of methoxy groups -OCH3 is 1. The number of thiazole rings is 1. The molecule has 0 radical (unpaired) electrons. The van der Waals surface area contributed by atoms with E-state index in [0.29, 0.717) is 17.1 Å². The van der Waals surface area contributed by atoms with Crippen molar-refractivity contribution in [2.24, 2.45) is 4.99 Å². The first-order valence-corrected chi connectivity index (χ1v) is 8.47. The minimum atomic E-state index is -0.541. The maximum Gasteiger partial charge on any atom is 0.279 e. The lowest BCUT2D eigenvalue weighted by Crippen LogP contribution is -2.16. The molecule has 0 bridgehead atoms. The van der Waals surface area contributed by atoms with Crippen molar-refractivity contribution < 1.29 is 14.5 Å². The van der Waals surface area contributed by atoms with Crippen LogP contribution in [-0.4, -0.2) is 22.5 Å². The summed E-state index contributed by atoms with van der Waals surface area (Å²) >= 11 is 1.34. The molecule has 1 amide bonds. The van der Waals surface area contributed by atoms with Crippen LogP contribution in [0.15, 0.2) is 60.1 Å². The number of nitro groups is 1. The molecule has 0 atom stereocenters. The van der Waals surface area contributed by atoms with Crippen LogP contribution in [-0.2, 0) is 6.54 Å². The number of nitro benzene ring substituents is 1. The average Bonchev–Trinajstić information content (AvgIpc) is 2.98. The molecule has 0 aliphatic carbocycles. The Bertz CT molecular complexity index is 1080. The molecule has 0 saturated heterocycles. The number of non-ortho nitro benzene ring substituents is 1. The summed E-state index contributed by atoms with van der Waals surface area (Å²) in [6, 6.07) is 11.1. The minimum Gasteiger partial charge on any atom is -0.497 e. The van der Waals surface area contributed by atoms with Crippen LogP contribution in [0.25, 0.3) is 10.2 Å². The molecule has 0 saturated carbocycles. The van der Waals surface area contributed by atoms with Crippen molar-refractivity contribution in [2.75, 3.05) is 7.11 Å². The van der Waals surface area contributed by atoms with E-state index >= 15 is 0 Å². The Labute approximate surface area is 152 Å². The Kier molecular flexibility index (Phi) is 4.94. The zero-order valence-electron chi connectivity index (χ0n) is 13.9. The highest BCUT2D eigenvalue weighted by atomic mass is 32.1. The first kappa shape index (κ1) is 17.6. The highest BCUT2D eigenvalue weighted by Gasteiger charge is 2.12. The fourth-order valence-corrected chi connectivity index (χ4v) is 3.54. The van der Waals surface area contributed by atoms with E-state index < -0.39 is 10.8 Å². The van der Waals surface area contributed by atoms with Crippen LogP contribution in [0.5, 0.6) is 5.75 Å². The van der Waals surface area contributed by atoms with Crippen LogP contribution < -0.4 is 9.54 Å². The predicted octanol–water partition coefficient (Wildman–Crippen LogP) is 3.55. The zero-order chi connectivity index (χ0) is 18.7. The molecule has 26 heavy (non-hydrogen) atoms. The van der Waals surface area contributed by atoms with Crippen LogP contribution in [0, 0.1) is 10.1 Å². The van der Waals surface area contributed by atoms with Gasteiger partial charge in [0, 0.05) is 24.2 Å². The lowest BCUT2D eigenvalue weighted by Gasteiger charge is -2.02. The van der Waals surface area contributed by atoms with Crippen LogP contribution in [0.1, 0.15) is 10.4 Å². The third-order valence-electron chi connectivity index (χ3n) is 3.70. The molecule has 3 aromatic rings. The summed E-state index contributed by atoms with van der Waals surface area (Å²) in [5, 5.41) is 10.9. The Morgan fingerprint density at radius 1 is 1.38 bits per heavy atom. The van der Waals surface area contributed by atoms with E-state index in [1.807, 2.05) is 22.8 Å². The summed E-state index contributed by atoms with van der Waals surface area (Å²) in [6.07, 6.45) is 1.72. The molecular weight excluding hydrogens is 354 g/mol. The topological polar surface area (TPSA) is 86.7 Å². The normalized spacial score (nSPS) is 11.5. The van der Waals surface area contributed by atoms with Crippen molar-refractivity contribution in [3.05, 3.63) is 75.6 Å². The summed E-state index contributed by atoms with van der Waals surface area (Å²) < 4.78 is 8.01. The van der Waals surface area contributed by atoms with Gasteiger partial charge in [0.1, 0.15) is 5.75 Å². The first-order chi connectivity index (χ1) is 12.5. The molecule has 132 valence electrons. The van der Waals surface area contributed by atoms with E-state index in [-0.39, 0.29) is 11.3 Å². The zero-order valence-corrected chi connectivity index (χ0v) is 14.7. The van der Waals surface area contributed by atoms with Gasteiger partial charge >= 0.3 is 0 Å². The second kappa shape index (κ2) is 7.32. The molecular formula is C18H15N3O4S. The Hall–Kier alpha value is -3.26. The standard InChI is InChI=1S/C18H15N3O4S/c1-3-9-20-15-8-7-14(25-2)11-16(15)26-18(20)19-17(22)12-5-4-6-13(10-12)21(23)24/h3-8,10-11H,1,9H2,2H3.